The Morgan fingerprint density at radius 2 is 0.659 bits per heavy atom. The summed E-state index contributed by atoms with van der Waals surface area (Å²) < 4.78 is 50.1. The molecule has 3 amide bonds. The number of carbonyl (C=O) groups excluding carboxylic acids is 3. The fourth-order valence-corrected chi connectivity index (χ4v) is 20.2. The average molecular weight is 2110 g/mol. The number of hydrogen-bond acceptors (Lipinski definition) is 21. The third-order valence-corrected chi connectivity index (χ3v) is 28.9. The fourth-order valence-electron chi connectivity index (χ4n) is 17.6. The van der Waals surface area contributed by atoms with Crippen LogP contribution in [0.5, 0.6) is 0 Å². The van der Waals surface area contributed by atoms with Crippen LogP contribution in [-0.2, 0) is 14.4 Å². The number of nitrogens with two attached hydrogens (primary N) is 3. The minimum absolute atomic E-state index is 0.00770. The molecule has 138 heavy (non-hydrogen) atoms. The summed E-state index contributed by atoms with van der Waals surface area (Å²) in [5, 5.41) is 29.3. The number of aryl methyl sites for hydroxylation is 3. The van der Waals surface area contributed by atoms with Crippen molar-refractivity contribution in [2.75, 3.05) is 90.8 Å². The highest BCUT2D eigenvalue weighted by Gasteiger charge is 2.40. The van der Waals surface area contributed by atoms with Crippen LogP contribution in [0.4, 0.5) is 47.3 Å². The van der Waals surface area contributed by atoms with Gasteiger partial charge in [0.15, 0.2) is 17.5 Å². The first-order chi connectivity index (χ1) is 65.2. The summed E-state index contributed by atoms with van der Waals surface area (Å²) in [6, 6.07) is 15.3. The first kappa shape index (κ1) is 104. The molecule has 0 saturated carbocycles. The van der Waals surface area contributed by atoms with Crippen LogP contribution < -0.4 is 48.6 Å². The number of aromatic nitrogens is 9. The highest BCUT2D eigenvalue weighted by molar-refractivity contribution is 6.51. The summed E-state index contributed by atoms with van der Waals surface area (Å²) in [5.74, 6) is -4.05. The first-order valence-corrected chi connectivity index (χ1v) is 47.1. The minimum atomic E-state index is -1.000. The number of nitrogens with zero attached hydrogens (tertiary/aromatic N) is 18. The van der Waals surface area contributed by atoms with E-state index in [1.54, 1.807) is 57.6 Å². The fraction of sp³-hybridized carbons (Fsp3) is 0.281. The Labute approximate surface area is 850 Å². The van der Waals surface area contributed by atoms with Gasteiger partial charge >= 0.3 is 0 Å². The molecule has 3 aromatic carbocycles. The quantitative estimate of drug-likeness (QED) is 0.0371. The molecule has 9 aromatic heterocycles. The van der Waals surface area contributed by atoms with Crippen molar-refractivity contribution in [1.82, 2.24) is 58.3 Å². The van der Waals surface area contributed by atoms with Gasteiger partial charge in [0.1, 0.15) is 56.9 Å². The van der Waals surface area contributed by atoms with Crippen molar-refractivity contribution in [1.29, 1.82) is 15.8 Å². The number of amides is 3. The number of nitriles is 3. The summed E-state index contributed by atoms with van der Waals surface area (Å²) in [5.41, 5.74) is 20.9. The maximum Gasteiger partial charge on any atom is 0.276 e. The molecule has 27 nitrogen and oxygen atoms in total. The molecule has 12 aromatic rings. The number of carbonyl (C=O) groups is 3. The number of hydrogen-bond donors (Lipinski definition) is 3. The highest BCUT2D eigenvalue weighted by Crippen LogP contribution is 2.52. The molecule has 3 aliphatic heterocycles. The lowest BCUT2D eigenvalue weighted by Gasteiger charge is -2.41. The highest BCUT2D eigenvalue weighted by atomic mass is 35.5. The number of benzene rings is 3. The van der Waals surface area contributed by atoms with Crippen molar-refractivity contribution in [3.8, 4) is 69.0 Å². The number of nitrogen functional groups attached to an aromatic ring is 3. The maximum atomic E-state index is 15.7. The molecule has 42 heteroatoms. The lowest BCUT2D eigenvalue weighted by molar-refractivity contribution is -0.129. The van der Waals surface area contributed by atoms with E-state index in [9.17, 15) is 48.9 Å². The van der Waals surface area contributed by atoms with Crippen LogP contribution in [-0.4, -0.2) is 153 Å². The lowest BCUT2D eigenvalue weighted by atomic mass is 10.0. The van der Waals surface area contributed by atoms with Gasteiger partial charge < -0.3 is 46.6 Å². The van der Waals surface area contributed by atoms with Gasteiger partial charge in [-0.05, 0) is 131 Å². The third kappa shape index (κ3) is 18.3. The molecule has 0 spiro atoms. The van der Waals surface area contributed by atoms with Crippen LogP contribution in [0.2, 0.25) is 60.3 Å². The SMILES string of the molecule is C=CC(=O)N1CCN(c2c(C#N)c(=O)n(-c3c(C)ccnc3C(C)C)c3nc(-c4c(N)c(Cl)c(Cl)c(Cl)c4F)c(Cl)cc23)C[C@H]1C.C=CC(=O)N1CCN(c2c(C#N)c(=O)n(-c3c(C)ccnc3C(C)C)c3nc(-c4c(N)c(Cl)c(Cl)c(Cl)c4F)c(Cl)cc23)C[C@H]1C.C=CC(=O)N1CCN(c2c(C#N)c(=O)n(-c3c(C)ccnc3C(C)C)c3nc(-c4c(N)c(Cl)c(F)c(Cl)c4Cl)c(Cl)cc23)C[C@H]1C. The average Bonchev–Trinajstić information content (AvgIpc) is 0.726. The molecule has 6 N–H and O–H groups in total. The van der Waals surface area contributed by atoms with Crippen molar-refractivity contribution in [2.45, 2.75) is 119 Å². The number of rotatable bonds is 15. The number of fused-ring (bicyclic) bond motifs is 3. The summed E-state index contributed by atoms with van der Waals surface area (Å²) in [6.45, 7) is 36.1. The Bertz CT molecular complexity index is 6780. The molecule has 0 unspecified atom stereocenters. The zero-order chi connectivity index (χ0) is 101. The van der Waals surface area contributed by atoms with Crippen molar-refractivity contribution in [2.24, 2.45) is 0 Å². The second-order valence-corrected chi connectivity index (χ2v) is 38.4. The van der Waals surface area contributed by atoms with E-state index >= 15 is 8.78 Å². The van der Waals surface area contributed by atoms with E-state index < -0.39 is 54.2 Å². The molecule has 3 fully saturated rings. The van der Waals surface area contributed by atoms with Gasteiger partial charge in [-0.25, -0.2) is 28.1 Å². The van der Waals surface area contributed by atoms with Crippen LogP contribution in [0, 0.1) is 72.2 Å². The molecule has 0 radical (unpaired) electrons. The van der Waals surface area contributed by atoms with E-state index in [1.807, 2.05) is 97.8 Å². The Kier molecular flexibility index (Phi) is 31.1. The van der Waals surface area contributed by atoms with Gasteiger partial charge in [-0.3, -0.25) is 57.4 Å². The van der Waals surface area contributed by atoms with Gasteiger partial charge in [0.2, 0.25) is 17.7 Å². The van der Waals surface area contributed by atoms with E-state index in [0.717, 1.165) is 0 Å². The van der Waals surface area contributed by atoms with Gasteiger partial charge in [0.25, 0.3) is 16.7 Å². The van der Waals surface area contributed by atoms with Gasteiger partial charge in [-0.2, -0.15) is 15.8 Å². The van der Waals surface area contributed by atoms with Crippen molar-refractivity contribution >= 4 is 224 Å². The molecule has 15 rings (SSSR count). The molecule has 3 saturated heterocycles. The zero-order valence-electron chi connectivity index (χ0n) is 75.8. The van der Waals surface area contributed by atoms with Crippen molar-refractivity contribution in [3.63, 3.8) is 0 Å². The van der Waals surface area contributed by atoms with Crippen LogP contribution in [0.3, 0.4) is 0 Å². The topological polar surface area (TPSA) is 363 Å². The van der Waals surface area contributed by atoms with Gasteiger partial charge in [-0.1, -0.05) is 200 Å². The maximum absolute atomic E-state index is 15.7. The zero-order valence-corrected chi connectivity index (χ0v) is 84.8. The predicted molar refractivity (Wildman–Crippen MR) is 546 cm³/mol. The first-order valence-electron chi connectivity index (χ1n) is 42.6. The standard InChI is InChI=1S/3C32H28Cl4FN7O2/c2*1-6-20(45)43-10-9-42(13-16(43)5)30-17-11-19(33)28(21-25(37)23(35)22(34)24(36)26(21)39)41-31(17)44(32(46)18(30)12-38)29-15(4)7-8-40-27(29)14(2)3;1-6-20(45)43-10-9-42(13-16(43)5)30-17-11-19(33)28(21-22(34)23(35)25(37)24(36)26(21)39)41-31(17)44(32(46)18(30)12-38)29-15(4)7-8-40-27(29)14(2)3/h3*6-8,11,14,16H,1,9-10,13,39H2,2-5H3/t3*16-/m111/s1. The van der Waals surface area contributed by atoms with Gasteiger partial charge in [0.05, 0.1) is 152 Å². The third-order valence-electron chi connectivity index (χ3n) is 24.2. The Hall–Kier alpha value is -11.6. The van der Waals surface area contributed by atoms with E-state index in [2.05, 4.69) is 52.9 Å². The van der Waals surface area contributed by atoms with E-state index in [0.29, 0.717) is 132 Å². The normalized spacial score (nSPS) is 15.0. The van der Waals surface area contributed by atoms with Crippen molar-refractivity contribution in [3.05, 3.63) is 252 Å². The second-order valence-electron chi connectivity index (χ2n) is 33.8. The molecule has 12 heterocycles. The van der Waals surface area contributed by atoms with Gasteiger partial charge in [0, 0.05) is 117 Å². The van der Waals surface area contributed by atoms with Crippen LogP contribution >= 0.6 is 139 Å². The molecular weight excluding hydrogens is 2030 g/mol. The van der Waals surface area contributed by atoms with Crippen molar-refractivity contribution < 1.29 is 27.6 Å². The monoisotopic (exact) mass is 2100 g/mol. The lowest BCUT2D eigenvalue weighted by Crippen LogP contribution is -2.54. The predicted octanol–water partition coefficient (Wildman–Crippen LogP) is 21.9. The smallest absolute Gasteiger partial charge is 0.276 e. The minimum Gasteiger partial charge on any atom is -0.397 e. The molecule has 0 aliphatic carbocycles. The molecular formula is C96H84Cl12F3N21O6. The van der Waals surface area contributed by atoms with Crippen LogP contribution in [0.1, 0.15) is 131 Å². The summed E-state index contributed by atoms with van der Waals surface area (Å²) in [4.78, 5) is 120. The molecule has 3 atom stereocenters. The van der Waals surface area contributed by atoms with Gasteiger partial charge in [-0.15, -0.1) is 0 Å². The van der Waals surface area contributed by atoms with E-state index in [-0.39, 0.29) is 190 Å². The van der Waals surface area contributed by atoms with E-state index in [4.69, 9.17) is 171 Å². The summed E-state index contributed by atoms with van der Waals surface area (Å²) in [6.07, 6.45) is 8.66. The Balaban J connectivity index is 0.000000175. The number of anilines is 6. The number of pyridine rings is 9. The van der Waals surface area contributed by atoms with Crippen LogP contribution in [0.25, 0.3) is 83.9 Å². The largest absolute Gasteiger partial charge is 0.397 e. The number of piperazine rings is 3. The van der Waals surface area contributed by atoms with E-state index in [1.165, 1.54) is 44.1 Å². The Morgan fingerprint density at radius 3 is 0.913 bits per heavy atom. The molecule has 0 bridgehead atoms. The second kappa shape index (κ2) is 41.4. The van der Waals surface area contributed by atoms with Crippen LogP contribution in [0.15, 0.2) is 107 Å². The molecule has 714 valence electrons. The summed E-state index contributed by atoms with van der Waals surface area (Å²) >= 11 is 76.6. The molecule has 3 aliphatic rings. The Morgan fingerprint density at radius 1 is 0.399 bits per heavy atom. The number of halogens is 15. The summed E-state index contributed by atoms with van der Waals surface area (Å²) in [7, 11) is 0.